The molecule has 1 heterocycles. The molecule has 0 aliphatic rings. The Bertz CT molecular complexity index is 437. The van der Waals surface area contributed by atoms with E-state index in [4.69, 9.17) is 0 Å². The van der Waals surface area contributed by atoms with Crippen molar-refractivity contribution in [2.75, 3.05) is 11.9 Å². The van der Waals surface area contributed by atoms with Crippen molar-refractivity contribution in [1.82, 2.24) is 4.98 Å². The summed E-state index contributed by atoms with van der Waals surface area (Å²) in [5.41, 5.74) is 3.79. The molecule has 0 aliphatic carbocycles. The third-order valence-corrected chi connectivity index (χ3v) is 2.64. The quantitative estimate of drug-likeness (QED) is 0.842. The number of benzene rings is 1. The number of rotatable bonds is 4. The summed E-state index contributed by atoms with van der Waals surface area (Å²) in [4.78, 5) is 4.14. The lowest BCUT2D eigenvalue weighted by Crippen LogP contribution is -2.05. The third kappa shape index (κ3) is 2.83. The van der Waals surface area contributed by atoms with Gasteiger partial charge in [0.05, 0.1) is 0 Å². The number of aromatic nitrogens is 1. The predicted molar refractivity (Wildman–Crippen MR) is 67.6 cm³/mol. The largest absolute Gasteiger partial charge is 0.385 e. The summed E-state index contributed by atoms with van der Waals surface area (Å²) in [6.45, 7) is 3.07. The van der Waals surface area contributed by atoms with Crippen LogP contribution in [0.15, 0.2) is 48.8 Å². The van der Waals surface area contributed by atoms with Crippen molar-refractivity contribution >= 4 is 5.69 Å². The van der Waals surface area contributed by atoms with Gasteiger partial charge in [0.2, 0.25) is 0 Å². The van der Waals surface area contributed by atoms with E-state index in [0.29, 0.717) is 0 Å². The summed E-state index contributed by atoms with van der Waals surface area (Å²) in [5, 5.41) is 3.39. The molecule has 2 heteroatoms. The highest BCUT2D eigenvalue weighted by molar-refractivity contribution is 5.42. The normalized spacial score (nSPS) is 10.1. The molecule has 0 spiro atoms. The zero-order chi connectivity index (χ0) is 11.2. The smallest absolute Gasteiger partial charge is 0.0340 e. The summed E-state index contributed by atoms with van der Waals surface area (Å²) in [6.07, 6.45) is 4.79. The van der Waals surface area contributed by atoms with E-state index in [1.807, 2.05) is 30.6 Å². The lowest BCUT2D eigenvalue weighted by Gasteiger charge is -2.07. The molecule has 1 aromatic carbocycles. The van der Waals surface area contributed by atoms with Crippen molar-refractivity contribution in [2.45, 2.75) is 13.3 Å². The minimum atomic E-state index is 0.941. The van der Waals surface area contributed by atoms with Gasteiger partial charge >= 0.3 is 0 Å². The molecule has 0 unspecified atom stereocenters. The second kappa shape index (κ2) is 5.31. The molecule has 0 fully saturated rings. The van der Waals surface area contributed by atoms with Gasteiger partial charge in [-0.1, -0.05) is 18.2 Å². The van der Waals surface area contributed by atoms with Crippen molar-refractivity contribution in [3.05, 3.63) is 59.9 Å². The molecule has 0 saturated heterocycles. The standard InChI is InChI=1S/C14H16N2/c1-12-7-9-15-11-13(12)8-10-16-14-5-3-2-4-6-14/h2-7,9,11,16H,8,10H2,1H3. The van der Waals surface area contributed by atoms with Crippen LogP contribution < -0.4 is 5.32 Å². The Morgan fingerprint density at radius 1 is 1.12 bits per heavy atom. The summed E-state index contributed by atoms with van der Waals surface area (Å²) in [7, 11) is 0. The van der Waals surface area contributed by atoms with Crippen LogP contribution in [0.1, 0.15) is 11.1 Å². The Hall–Kier alpha value is -1.83. The maximum Gasteiger partial charge on any atom is 0.0340 e. The molecule has 0 aliphatic heterocycles. The fraction of sp³-hybridized carbons (Fsp3) is 0.214. The molecule has 0 amide bonds. The summed E-state index contributed by atoms with van der Waals surface area (Å²) in [6, 6.07) is 12.3. The van der Waals surface area contributed by atoms with Crippen LogP contribution in [0.25, 0.3) is 0 Å². The lowest BCUT2D eigenvalue weighted by atomic mass is 10.1. The Balaban J connectivity index is 1.87. The van der Waals surface area contributed by atoms with Gasteiger partial charge in [0.25, 0.3) is 0 Å². The molecule has 0 radical (unpaired) electrons. The van der Waals surface area contributed by atoms with E-state index in [2.05, 4.69) is 35.4 Å². The Labute approximate surface area is 96.4 Å². The van der Waals surface area contributed by atoms with Crippen LogP contribution in [0, 0.1) is 6.92 Å². The topological polar surface area (TPSA) is 24.9 Å². The Morgan fingerprint density at radius 3 is 2.69 bits per heavy atom. The fourth-order valence-corrected chi connectivity index (χ4v) is 1.66. The molecule has 1 N–H and O–H groups in total. The number of hydrogen-bond acceptors (Lipinski definition) is 2. The van der Waals surface area contributed by atoms with Gasteiger partial charge in [-0.15, -0.1) is 0 Å². The Morgan fingerprint density at radius 2 is 1.94 bits per heavy atom. The van der Waals surface area contributed by atoms with Crippen LogP contribution in [-0.4, -0.2) is 11.5 Å². The first-order valence-corrected chi connectivity index (χ1v) is 5.54. The van der Waals surface area contributed by atoms with Crippen molar-refractivity contribution in [3.63, 3.8) is 0 Å². The molecular formula is C14H16N2. The number of hydrogen-bond donors (Lipinski definition) is 1. The number of nitrogens with zero attached hydrogens (tertiary/aromatic N) is 1. The molecule has 0 saturated carbocycles. The van der Waals surface area contributed by atoms with Gasteiger partial charge in [0.1, 0.15) is 0 Å². The Kier molecular flexibility index (Phi) is 3.54. The zero-order valence-corrected chi connectivity index (χ0v) is 9.48. The van der Waals surface area contributed by atoms with Crippen LogP contribution in [0.5, 0.6) is 0 Å². The van der Waals surface area contributed by atoms with Gasteiger partial charge in [0.15, 0.2) is 0 Å². The van der Waals surface area contributed by atoms with Gasteiger partial charge in [-0.2, -0.15) is 0 Å². The predicted octanol–water partition coefficient (Wildman–Crippen LogP) is 3.04. The van der Waals surface area contributed by atoms with Gasteiger partial charge in [-0.05, 0) is 42.7 Å². The second-order valence-corrected chi connectivity index (χ2v) is 3.84. The van der Waals surface area contributed by atoms with Crippen molar-refractivity contribution in [2.24, 2.45) is 0 Å². The second-order valence-electron chi connectivity index (χ2n) is 3.84. The molecule has 1 aromatic heterocycles. The van der Waals surface area contributed by atoms with Crippen molar-refractivity contribution < 1.29 is 0 Å². The average Bonchev–Trinajstić information content (AvgIpc) is 2.33. The molecule has 0 atom stereocenters. The van der Waals surface area contributed by atoms with E-state index in [1.54, 1.807) is 0 Å². The third-order valence-electron chi connectivity index (χ3n) is 2.64. The average molecular weight is 212 g/mol. The lowest BCUT2D eigenvalue weighted by molar-refractivity contribution is 0.989. The minimum absolute atomic E-state index is 0.941. The van der Waals surface area contributed by atoms with Crippen LogP contribution >= 0.6 is 0 Å². The minimum Gasteiger partial charge on any atom is -0.385 e. The SMILES string of the molecule is Cc1ccncc1CCNc1ccccc1. The van der Waals surface area contributed by atoms with Crippen LogP contribution in [0.4, 0.5) is 5.69 Å². The van der Waals surface area contributed by atoms with E-state index in [9.17, 15) is 0 Å². The van der Waals surface area contributed by atoms with Gasteiger partial charge in [-0.3, -0.25) is 4.98 Å². The van der Waals surface area contributed by atoms with Crippen LogP contribution in [-0.2, 0) is 6.42 Å². The van der Waals surface area contributed by atoms with Crippen LogP contribution in [0.2, 0.25) is 0 Å². The monoisotopic (exact) mass is 212 g/mol. The molecule has 2 aromatic rings. The van der Waals surface area contributed by atoms with Gasteiger partial charge in [0, 0.05) is 24.6 Å². The number of anilines is 1. The molecular weight excluding hydrogens is 196 g/mol. The molecule has 2 rings (SSSR count). The maximum atomic E-state index is 4.14. The highest BCUT2D eigenvalue weighted by Gasteiger charge is 1.97. The zero-order valence-electron chi connectivity index (χ0n) is 9.48. The number of pyridine rings is 1. The summed E-state index contributed by atoms with van der Waals surface area (Å²) < 4.78 is 0. The molecule has 82 valence electrons. The highest BCUT2D eigenvalue weighted by Crippen LogP contribution is 2.08. The van der Waals surface area contributed by atoms with Gasteiger partial charge in [-0.25, -0.2) is 0 Å². The first kappa shape index (κ1) is 10.7. The summed E-state index contributed by atoms with van der Waals surface area (Å²) >= 11 is 0. The van der Waals surface area contributed by atoms with E-state index < -0.39 is 0 Å². The number of aryl methyl sites for hydroxylation is 1. The van der Waals surface area contributed by atoms with Gasteiger partial charge < -0.3 is 5.32 Å². The highest BCUT2D eigenvalue weighted by atomic mass is 14.9. The molecule has 16 heavy (non-hydrogen) atoms. The summed E-state index contributed by atoms with van der Waals surface area (Å²) in [5.74, 6) is 0. The van der Waals surface area contributed by atoms with Crippen LogP contribution in [0.3, 0.4) is 0 Å². The van der Waals surface area contributed by atoms with Crippen molar-refractivity contribution in [1.29, 1.82) is 0 Å². The van der Waals surface area contributed by atoms with E-state index in [0.717, 1.165) is 13.0 Å². The van der Waals surface area contributed by atoms with E-state index in [1.165, 1.54) is 16.8 Å². The fourth-order valence-electron chi connectivity index (χ4n) is 1.66. The first-order chi connectivity index (χ1) is 7.86. The number of nitrogens with one attached hydrogen (secondary N) is 1. The number of para-hydroxylation sites is 1. The maximum absolute atomic E-state index is 4.14. The molecule has 0 bridgehead atoms. The van der Waals surface area contributed by atoms with E-state index in [-0.39, 0.29) is 0 Å². The molecule has 2 nitrogen and oxygen atoms in total. The van der Waals surface area contributed by atoms with Crippen molar-refractivity contribution in [3.8, 4) is 0 Å². The van der Waals surface area contributed by atoms with E-state index >= 15 is 0 Å². The first-order valence-electron chi connectivity index (χ1n) is 5.54.